The average molecular weight is 367 g/mol. The fourth-order valence-corrected chi connectivity index (χ4v) is 3.86. The van der Waals surface area contributed by atoms with E-state index in [1.165, 1.54) is 31.4 Å². The lowest BCUT2D eigenvalue weighted by Crippen LogP contribution is -2.44. The van der Waals surface area contributed by atoms with Gasteiger partial charge in [0.25, 0.3) is 0 Å². The van der Waals surface area contributed by atoms with E-state index in [-0.39, 0.29) is 0 Å². The van der Waals surface area contributed by atoms with Crippen molar-refractivity contribution >= 4 is 23.0 Å². The zero-order chi connectivity index (χ0) is 18.5. The zero-order valence-electron chi connectivity index (χ0n) is 16.3. The van der Waals surface area contributed by atoms with E-state index in [2.05, 4.69) is 67.4 Å². The van der Waals surface area contributed by atoms with E-state index in [4.69, 9.17) is 0 Å². The average Bonchev–Trinajstić information content (AvgIpc) is 2.99. The maximum atomic E-state index is 4.49. The van der Waals surface area contributed by atoms with Gasteiger partial charge in [-0.2, -0.15) is 0 Å². The molecule has 2 aromatic rings. The first kappa shape index (κ1) is 18.0. The number of hydrogen-bond acceptors (Lipinski definition) is 6. The fourth-order valence-electron chi connectivity index (χ4n) is 3.86. The lowest BCUT2D eigenvalue weighted by Gasteiger charge is -2.34. The molecule has 0 atom stereocenters. The van der Waals surface area contributed by atoms with Gasteiger partial charge in [0.1, 0.15) is 18.0 Å². The minimum atomic E-state index is 0.858. The number of aromatic nitrogens is 2. The molecule has 0 spiro atoms. The third-order valence-corrected chi connectivity index (χ3v) is 5.59. The number of anilines is 4. The smallest absolute Gasteiger partial charge is 0.135 e. The Hall–Kier alpha value is -2.34. The van der Waals surface area contributed by atoms with Crippen molar-refractivity contribution in [3.8, 4) is 0 Å². The van der Waals surface area contributed by atoms with Gasteiger partial charge in [-0.3, -0.25) is 0 Å². The molecule has 2 aliphatic heterocycles. The second-order valence-corrected chi connectivity index (χ2v) is 7.62. The predicted molar refractivity (Wildman–Crippen MR) is 112 cm³/mol. The van der Waals surface area contributed by atoms with Crippen molar-refractivity contribution in [2.75, 3.05) is 61.4 Å². The molecule has 0 aliphatic carbocycles. The Bertz CT molecular complexity index is 716. The largest absolute Gasteiger partial charge is 0.369 e. The summed E-state index contributed by atoms with van der Waals surface area (Å²) in [6, 6.07) is 10.7. The topological polar surface area (TPSA) is 47.5 Å². The molecule has 2 saturated heterocycles. The van der Waals surface area contributed by atoms with Crippen LogP contribution in [0.4, 0.5) is 23.0 Å². The summed E-state index contributed by atoms with van der Waals surface area (Å²) in [6.07, 6.45) is 6.82. The fraction of sp³-hybridized carbons (Fsp3) is 0.524. The Balaban J connectivity index is 1.41. The molecule has 1 N–H and O–H groups in total. The molecule has 2 aliphatic rings. The highest BCUT2D eigenvalue weighted by atomic mass is 15.2. The molecule has 0 unspecified atom stereocenters. The first-order chi connectivity index (χ1) is 13.3. The maximum Gasteiger partial charge on any atom is 0.135 e. The van der Waals surface area contributed by atoms with Crippen LogP contribution in [-0.2, 0) is 0 Å². The van der Waals surface area contributed by atoms with Crippen molar-refractivity contribution in [2.45, 2.75) is 25.7 Å². The number of likely N-dealkylation sites (N-methyl/N-ethyl adjacent to an activating group) is 1. The van der Waals surface area contributed by atoms with Gasteiger partial charge in [-0.05, 0) is 44.2 Å². The molecule has 0 saturated carbocycles. The van der Waals surface area contributed by atoms with Crippen LogP contribution in [0.5, 0.6) is 0 Å². The van der Waals surface area contributed by atoms with Crippen LogP contribution in [-0.4, -0.2) is 61.2 Å². The van der Waals surface area contributed by atoms with Crippen LogP contribution in [0, 0.1) is 0 Å². The molecule has 6 heteroatoms. The first-order valence-electron chi connectivity index (χ1n) is 10.2. The lowest BCUT2D eigenvalue weighted by molar-refractivity contribution is 0.313. The van der Waals surface area contributed by atoms with Crippen molar-refractivity contribution < 1.29 is 0 Å². The molecule has 4 rings (SSSR count). The molecule has 0 radical (unpaired) electrons. The third kappa shape index (κ3) is 4.69. The monoisotopic (exact) mass is 366 g/mol. The Morgan fingerprint density at radius 1 is 0.778 bits per heavy atom. The van der Waals surface area contributed by atoms with Crippen molar-refractivity contribution in [3.63, 3.8) is 0 Å². The Morgan fingerprint density at radius 3 is 2.19 bits per heavy atom. The van der Waals surface area contributed by atoms with Crippen LogP contribution in [0.1, 0.15) is 25.7 Å². The number of piperazine rings is 1. The summed E-state index contributed by atoms with van der Waals surface area (Å²) < 4.78 is 0. The predicted octanol–water partition coefficient (Wildman–Crippen LogP) is 3.35. The molecular formula is C21H30N6. The SMILES string of the molecule is CN1CCN(c2ccc(Nc3cc(N4CCCCCC4)ncn3)cc2)CC1. The van der Waals surface area contributed by atoms with Gasteiger partial charge >= 0.3 is 0 Å². The van der Waals surface area contributed by atoms with Gasteiger partial charge in [0.15, 0.2) is 0 Å². The van der Waals surface area contributed by atoms with E-state index in [1.54, 1.807) is 6.33 Å². The summed E-state index contributed by atoms with van der Waals surface area (Å²) in [7, 11) is 2.19. The molecule has 0 amide bonds. The number of nitrogens with one attached hydrogen (secondary N) is 1. The van der Waals surface area contributed by atoms with Crippen LogP contribution in [0.3, 0.4) is 0 Å². The summed E-state index contributed by atoms with van der Waals surface area (Å²) in [5, 5.41) is 3.43. The number of rotatable bonds is 4. The highest BCUT2D eigenvalue weighted by Crippen LogP contribution is 2.23. The van der Waals surface area contributed by atoms with Gasteiger partial charge in [-0.25, -0.2) is 9.97 Å². The molecule has 6 nitrogen and oxygen atoms in total. The Morgan fingerprint density at radius 2 is 1.48 bits per heavy atom. The number of benzene rings is 1. The molecule has 2 fully saturated rings. The van der Waals surface area contributed by atoms with Gasteiger partial charge < -0.3 is 20.0 Å². The van der Waals surface area contributed by atoms with Crippen molar-refractivity contribution in [1.29, 1.82) is 0 Å². The standard InChI is InChI=1S/C21H30N6/c1-25-12-14-26(15-13-25)19-8-6-18(7-9-19)24-20-16-21(23-17-22-20)27-10-4-2-3-5-11-27/h6-9,16-17H,2-5,10-15H2,1H3,(H,22,23,24). The van der Waals surface area contributed by atoms with Gasteiger partial charge in [0, 0.05) is 56.7 Å². The minimum Gasteiger partial charge on any atom is -0.369 e. The molecule has 3 heterocycles. The Kier molecular flexibility index (Phi) is 5.72. The molecule has 1 aromatic carbocycles. The lowest BCUT2D eigenvalue weighted by atomic mass is 10.2. The molecule has 144 valence electrons. The van der Waals surface area contributed by atoms with Gasteiger partial charge in [-0.15, -0.1) is 0 Å². The summed E-state index contributed by atoms with van der Waals surface area (Å²) in [5.41, 5.74) is 2.36. The maximum absolute atomic E-state index is 4.49. The van der Waals surface area contributed by atoms with E-state index >= 15 is 0 Å². The van der Waals surface area contributed by atoms with Gasteiger partial charge in [0.2, 0.25) is 0 Å². The van der Waals surface area contributed by atoms with Crippen molar-refractivity contribution in [1.82, 2.24) is 14.9 Å². The molecular weight excluding hydrogens is 336 g/mol. The molecule has 27 heavy (non-hydrogen) atoms. The van der Waals surface area contributed by atoms with E-state index in [0.29, 0.717) is 0 Å². The highest BCUT2D eigenvalue weighted by molar-refractivity contribution is 5.62. The number of nitrogens with zero attached hydrogens (tertiary/aromatic N) is 5. The van der Waals surface area contributed by atoms with E-state index < -0.39 is 0 Å². The first-order valence-corrected chi connectivity index (χ1v) is 10.2. The zero-order valence-corrected chi connectivity index (χ0v) is 16.3. The van der Waals surface area contributed by atoms with Crippen LogP contribution in [0.15, 0.2) is 36.7 Å². The summed E-state index contributed by atoms with van der Waals surface area (Å²) >= 11 is 0. The highest BCUT2D eigenvalue weighted by Gasteiger charge is 2.14. The van der Waals surface area contributed by atoms with Crippen LogP contribution >= 0.6 is 0 Å². The normalized spacial score (nSPS) is 19.0. The quantitative estimate of drug-likeness (QED) is 0.895. The second-order valence-electron chi connectivity index (χ2n) is 7.62. The molecule has 0 bridgehead atoms. The number of hydrogen-bond donors (Lipinski definition) is 1. The van der Waals surface area contributed by atoms with Crippen molar-refractivity contribution in [2.24, 2.45) is 0 Å². The summed E-state index contributed by atoms with van der Waals surface area (Å²) in [4.78, 5) is 16.1. The van der Waals surface area contributed by atoms with E-state index in [1.807, 2.05) is 0 Å². The summed E-state index contributed by atoms with van der Waals surface area (Å²) in [6.45, 7) is 6.62. The molecule has 1 aromatic heterocycles. The van der Waals surface area contributed by atoms with Crippen LogP contribution in [0.2, 0.25) is 0 Å². The third-order valence-electron chi connectivity index (χ3n) is 5.59. The van der Waals surface area contributed by atoms with Gasteiger partial charge in [-0.1, -0.05) is 12.8 Å². The van der Waals surface area contributed by atoms with Gasteiger partial charge in [0.05, 0.1) is 0 Å². The van der Waals surface area contributed by atoms with E-state index in [9.17, 15) is 0 Å². The summed E-state index contributed by atoms with van der Waals surface area (Å²) in [5.74, 6) is 1.89. The van der Waals surface area contributed by atoms with E-state index in [0.717, 1.165) is 56.6 Å². The van der Waals surface area contributed by atoms with Crippen LogP contribution < -0.4 is 15.1 Å². The Labute approximate surface area is 162 Å². The second kappa shape index (κ2) is 8.57. The van der Waals surface area contributed by atoms with Crippen molar-refractivity contribution in [3.05, 3.63) is 36.7 Å². The minimum absolute atomic E-state index is 0.858. The van der Waals surface area contributed by atoms with Crippen LogP contribution in [0.25, 0.3) is 0 Å².